The molecule has 3 aromatic rings. The molecule has 2 fully saturated rings. The van der Waals surface area contributed by atoms with Crippen LogP contribution in [0.2, 0.25) is 0 Å². The van der Waals surface area contributed by atoms with Crippen LogP contribution in [0.25, 0.3) is 17.0 Å². The summed E-state index contributed by atoms with van der Waals surface area (Å²) in [6.45, 7) is 8.42. The minimum Gasteiger partial charge on any atom is -0.367 e. The highest BCUT2D eigenvalue weighted by Gasteiger charge is 2.21. The van der Waals surface area contributed by atoms with Crippen molar-refractivity contribution in [3.05, 3.63) is 29.2 Å². The Morgan fingerprint density at radius 3 is 2.39 bits per heavy atom. The predicted octanol–water partition coefficient (Wildman–Crippen LogP) is 5.49. The fourth-order valence-corrected chi connectivity index (χ4v) is 5.30. The molecule has 0 radical (unpaired) electrons. The number of aromatic nitrogens is 5. The summed E-state index contributed by atoms with van der Waals surface area (Å²) in [7, 11) is 0. The van der Waals surface area contributed by atoms with E-state index in [1.807, 2.05) is 11.4 Å². The van der Waals surface area contributed by atoms with Gasteiger partial charge in [-0.05, 0) is 46.0 Å². The van der Waals surface area contributed by atoms with Gasteiger partial charge in [-0.15, -0.1) is 0 Å². The maximum Gasteiger partial charge on any atom is 0.160 e. The van der Waals surface area contributed by atoms with Gasteiger partial charge in [0.25, 0.3) is 0 Å². The molecular formula is C26H37N7. The van der Waals surface area contributed by atoms with Crippen LogP contribution >= 0.6 is 0 Å². The molecule has 3 aromatic heterocycles. The summed E-state index contributed by atoms with van der Waals surface area (Å²) in [5.41, 5.74) is 5.62. The Morgan fingerprint density at radius 1 is 0.909 bits per heavy atom. The highest BCUT2D eigenvalue weighted by molar-refractivity contribution is 5.67. The Morgan fingerprint density at radius 2 is 1.67 bits per heavy atom. The van der Waals surface area contributed by atoms with Crippen LogP contribution in [-0.4, -0.2) is 43.7 Å². The number of nitrogens with zero attached hydrogens (tertiary/aromatic N) is 6. The summed E-state index contributed by atoms with van der Waals surface area (Å²) in [5, 5.41) is 8.85. The van der Waals surface area contributed by atoms with Crippen molar-refractivity contribution >= 4 is 17.3 Å². The van der Waals surface area contributed by atoms with Gasteiger partial charge in [0.05, 0.1) is 17.1 Å². The molecule has 0 bridgehead atoms. The van der Waals surface area contributed by atoms with E-state index in [9.17, 15) is 0 Å². The van der Waals surface area contributed by atoms with Crippen molar-refractivity contribution in [1.82, 2.24) is 24.6 Å². The Labute approximate surface area is 197 Å². The third-order valence-electron chi connectivity index (χ3n) is 7.12. The summed E-state index contributed by atoms with van der Waals surface area (Å²) >= 11 is 0. The average molecular weight is 448 g/mol. The number of hydrogen-bond donors (Lipinski definition) is 1. The van der Waals surface area contributed by atoms with Gasteiger partial charge in [0, 0.05) is 31.3 Å². The van der Waals surface area contributed by atoms with E-state index in [4.69, 9.17) is 20.1 Å². The smallest absolute Gasteiger partial charge is 0.160 e. The third kappa shape index (κ3) is 4.68. The summed E-state index contributed by atoms with van der Waals surface area (Å²) < 4.78 is 1.99. The lowest BCUT2D eigenvalue weighted by Crippen LogP contribution is -2.23. The van der Waals surface area contributed by atoms with Crippen LogP contribution in [0.4, 0.5) is 11.6 Å². The molecule has 4 heterocycles. The molecule has 176 valence electrons. The Bertz CT molecular complexity index is 1110. The number of hydrogen-bond acceptors (Lipinski definition) is 6. The Balaban J connectivity index is 1.57. The summed E-state index contributed by atoms with van der Waals surface area (Å²) in [5.74, 6) is 2.10. The first kappa shape index (κ1) is 22.1. The van der Waals surface area contributed by atoms with Crippen molar-refractivity contribution in [2.24, 2.45) is 0 Å². The number of fused-ring (bicyclic) bond motifs is 1. The molecule has 0 amide bonds. The van der Waals surface area contributed by atoms with Crippen LogP contribution in [0.3, 0.4) is 0 Å². The number of aryl methyl sites for hydroxylation is 3. The normalized spacial score (nSPS) is 17.6. The third-order valence-corrected chi connectivity index (χ3v) is 7.12. The zero-order valence-electron chi connectivity index (χ0n) is 20.4. The topological polar surface area (TPSA) is 71.2 Å². The maximum absolute atomic E-state index is 5.02. The largest absolute Gasteiger partial charge is 0.367 e. The van der Waals surface area contributed by atoms with Crippen molar-refractivity contribution < 1.29 is 0 Å². The summed E-state index contributed by atoms with van der Waals surface area (Å²) in [6.07, 6.45) is 12.2. The second-order valence-corrected chi connectivity index (χ2v) is 9.77. The van der Waals surface area contributed by atoms with Crippen molar-refractivity contribution in [2.45, 2.75) is 91.0 Å². The number of nitrogens with one attached hydrogen (secondary N) is 1. The molecule has 1 aliphatic heterocycles. The van der Waals surface area contributed by atoms with E-state index in [0.717, 1.165) is 71.7 Å². The van der Waals surface area contributed by atoms with Gasteiger partial charge in [-0.1, -0.05) is 39.0 Å². The number of rotatable bonds is 6. The Kier molecular flexibility index (Phi) is 6.47. The van der Waals surface area contributed by atoms with Gasteiger partial charge in [0.2, 0.25) is 0 Å². The lowest BCUT2D eigenvalue weighted by Gasteiger charge is -2.21. The molecule has 2 aliphatic rings. The first-order valence-corrected chi connectivity index (χ1v) is 12.9. The van der Waals surface area contributed by atoms with Gasteiger partial charge in [0.15, 0.2) is 5.65 Å². The molecule has 33 heavy (non-hydrogen) atoms. The fraction of sp³-hybridized carbons (Fsp3) is 0.615. The molecule has 1 N–H and O–H groups in total. The molecular weight excluding hydrogens is 410 g/mol. The maximum atomic E-state index is 5.02. The van der Waals surface area contributed by atoms with Crippen molar-refractivity contribution in [3.8, 4) is 11.4 Å². The molecule has 0 unspecified atom stereocenters. The Hall–Kier alpha value is -2.70. The predicted molar refractivity (Wildman–Crippen MR) is 134 cm³/mol. The molecule has 7 nitrogen and oxygen atoms in total. The SMILES string of the molecule is CCCc1nc(-c2cc3nc(N4CCCC4)cc(NC4CCCCCC4)n3n2)c(C)nc1C. The van der Waals surface area contributed by atoms with E-state index in [1.54, 1.807) is 0 Å². The first-order valence-electron chi connectivity index (χ1n) is 12.9. The van der Waals surface area contributed by atoms with Gasteiger partial charge in [0.1, 0.15) is 23.0 Å². The molecule has 0 spiro atoms. The highest BCUT2D eigenvalue weighted by atomic mass is 15.3. The molecule has 1 saturated carbocycles. The van der Waals surface area contributed by atoms with E-state index in [1.165, 1.54) is 51.4 Å². The lowest BCUT2D eigenvalue weighted by molar-refractivity contribution is 0.614. The zero-order chi connectivity index (χ0) is 22.8. The van der Waals surface area contributed by atoms with E-state index in [2.05, 4.69) is 36.2 Å². The van der Waals surface area contributed by atoms with Crippen LogP contribution in [0, 0.1) is 13.8 Å². The minimum atomic E-state index is 0.495. The van der Waals surface area contributed by atoms with Crippen LogP contribution in [0.15, 0.2) is 12.1 Å². The van der Waals surface area contributed by atoms with Gasteiger partial charge >= 0.3 is 0 Å². The molecule has 1 aliphatic carbocycles. The van der Waals surface area contributed by atoms with Gasteiger partial charge in [-0.2, -0.15) is 9.61 Å². The molecule has 7 heteroatoms. The van der Waals surface area contributed by atoms with E-state index in [-0.39, 0.29) is 0 Å². The monoisotopic (exact) mass is 447 g/mol. The van der Waals surface area contributed by atoms with Crippen LogP contribution in [0.5, 0.6) is 0 Å². The second kappa shape index (κ2) is 9.65. The fourth-order valence-electron chi connectivity index (χ4n) is 5.30. The minimum absolute atomic E-state index is 0.495. The first-order chi connectivity index (χ1) is 16.1. The van der Waals surface area contributed by atoms with Crippen LogP contribution in [-0.2, 0) is 6.42 Å². The summed E-state index contributed by atoms with van der Waals surface area (Å²) in [4.78, 5) is 17.2. The molecule has 5 rings (SSSR count). The standard InChI is InChI=1S/C26H37N7/c1-4-11-21-18(2)27-19(3)26(29-21)22-16-24-30-23(32-14-9-10-15-32)17-25(33(24)31-22)28-20-12-7-5-6-8-13-20/h16-17,20,28H,4-15H2,1-3H3. The average Bonchev–Trinajstić information content (AvgIpc) is 3.41. The van der Waals surface area contributed by atoms with Crippen molar-refractivity contribution in [3.63, 3.8) is 0 Å². The molecule has 0 aromatic carbocycles. The quantitative estimate of drug-likeness (QED) is 0.504. The van der Waals surface area contributed by atoms with Gasteiger partial charge in [-0.25, -0.2) is 9.97 Å². The van der Waals surface area contributed by atoms with E-state index in [0.29, 0.717) is 6.04 Å². The van der Waals surface area contributed by atoms with Crippen molar-refractivity contribution in [2.75, 3.05) is 23.3 Å². The van der Waals surface area contributed by atoms with Crippen LogP contribution in [0.1, 0.15) is 81.8 Å². The summed E-state index contributed by atoms with van der Waals surface area (Å²) in [6, 6.07) is 4.78. The van der Waals surface area contributed by atoms with Crippen molar-refractivity contribution in [1.29, 1.82) is 0 Å². The van der Waals surface area contributed by atoms with E-state index < -0.39 is 0 Å². The molecule has 1 saturated heterocycles. The lowest BCUT2D eigenvalue weighted by atomic mass is 10.1. The highest BCUT2D eigenvalue weighted by Crippen LogP contribution is 2.29. The van der Waals surface area contributed by atoms with Gasteiger partial charge < -0.3 is 10.2 Å². The second-order valence-electron chi connectivity index (χ2n) is 9.77. The van der Waals surface area contributed by atoms with E-state index >= 15 is 0 Å². The zero-order valence-corrected chi connectivity index (χ0v) is 20.4. The van der Waals surface area contributed by atoms with Crippen LogP contribution < -0.4 is 10.2 Å². The van der Waals surface area contributed by atoms with Gasteiger partial charge in [-0.3, -0.25) is 4.98 Å². The number of anilines is 2. The molecule has 0 atom stereocenters.